The molecule has 0 fully saturated rings. The van der Waals surface area contributed by atoms with Crippen molar-refractivity contribution in [1.29, 1.82) is 0 Å². The molecule has 68 valence electrons. The molecule has 3 heteroatoms. The van der Waals surface area contributed by atoms with Crippen molar-refractivity contribution in [1.82, 2.24) is 0 Å². The highest BCUT2D eigenvalue weighted by molar-refractivity contribution is 6.20. The van der Waals surface area contributed by atoms with Gasteiger partial charge >= 0.3 is 0 Å². The molecule has 0 saturated carbocycles. The van der Waals surface area contributed by atoms with Gasteiger partial charge < -0.3 is 9.84 Å². The van der Waals surface area contributed by atoms with Gasteiger partial charge in [0.1, 0.15) is 0 Å². The molecule has 0 aliphatic rings. The molecule has 11 heavy (non-hydrogen) atoms. The summed E-state index contributed by atoms with van der Waals surface area (Å²) in [6.07, 6.45) is -0.277. The Balaban J connectivity index is 3.61. The van der Waals surface area contributed by atoms with Crippen LogP contribution in [-0.2, 0) is 4.74 Å². The Morgan fingerprint density at radius 1 is 1.45 bits per heavy atom. The number of rotatable bonds is 3. The van der Waals surface area contributed by atoms with E-state index in [1.165, 1.54) is 0 Å². The molecular formula is C8H17ClO2. The van der Waals surface area contributed by atoms with Crippen molar-refractivity contribution in [2.75, 3.05) is 0 Å². The molecule has 0 heterocycles. The lowest BCUT2D eigenvalue weighted by molar-refractivity contribution is -0.167. The third kappa shape index (κ3) is 8.11. The Morgan fingerprint density at radius 3 is 2.18 bits per heavy atom. The zero-order chi connectivity index (χ0) is 9.07. The normalized spacial score (nSPS) is 18.0. The second-order valence-electron chi connectivity index (χ2n) is 3.70. The fourth-order valence-electron chi connectivity index (χ4n) is 0.734. The smallest absolute Gasteiger partial charge is 0.156 e. The average molecular weight is 181 g/mol. The van der Waals surface area contributed by atoms with Gasteiger partial charge in [-0.2, -0.15) is 0 Å². The Bertz CT molecular complexity index is 107. The van der Waals surface area contributed by atoms with Crippen molar-refractivity contribution in [3.63, 3.8) is 0 Å². The average Bonchev–Trinajstić information content (AvgIpc) is 1.53. The number of aliphatic hydroxyl groups is 1. The minimum Gasteiger partial charge on any atom is -0.368 e. The van der Waals surface area contributed by atoms with Crippen LogP contribution in [0.25, 0.3) is 0 Å². The van der Waals surface area contributed by atoms with Gasteiger partial charge in [0, 0.05) is 11.8 Å². The maximum absolute atomic E-state index is 9.25. The van der Waals surface area contributed by atoms with Crippen LogP contribution >= 0.6 is 11.6 Å². The molecule has 0 aromatic rings. The molecule has 0 saturated heterocycles. The predicted molar refractivity (Wildman–Crippen MR) is 46.8 cm³/mol. The highest BCUT2D eigenvalue weighted by atomic mass is 35.5. The van der Waals surface area contributed by atoms with Gasteiger partial charge in [-0.15, -0.1) is 11.6 Å². The number of hydrogen-bond acceptors (Lipinski definition) is 2. The lowest BCUT2D eigenvalue weighted by Gasteiger charge is -2.24. The van der Waals surface area contributed by atoms with E-state index < -0.39 is 6.29 Å². The highest BCUT2D eigenvalue weighted by Crippen LogP contribution is 2.14. The molecule has 2 nitrogen and oxygen atoms in total. The molecule has 0 bridgehead atoms. The maximum Gasteiger partial charge on any atom is 0.156 e. The Labute approximate surface area is 73.5 Å². The molecule has 0 aliphatic carbocycles. The number of aliphatic hydroxyl groups excluding tert-OH is 1. The summed E-state index contributed by atoms with van der Waals surface area (Å²) in [6.45, 7) is 7.52. The van der Waals surface area contributed by atoms with E-state index in [0.29, 0.717) is 6.42 Å². The van der Waals surface area contributed by atoms with E-state index in [4.69, 9.17) is 16.3 Å². The van der Waals surface area contributed by atoms with Gasteiger partial charge in [0.2, 0.25) is 0 Å². The van der Waals surface area contributed by atoms with Crippen LogP contribution in [0.2, 0.25) is 0 Å². The fourth-order valence-corrected chi connectivity index (χ4v) is 0.886. The van der Waals surface area contributed by atoms with Gasteiger partial charge in [-0.05, 0) is 27.7 Å². The van der Waals surface area contributed by atoms with Crippen molar-refractivity contribution in [2.24, 2.45) is 0 Å². The first-order valence-corrected chi connectivity index (χ1v) is 4.25. The molecule has 1 N–H and O–H groups in total. The number of halogens is 1. The number of alkyl halides is 1. The van der Waals surface area contributed by atoms with Crippen LogP contribution in [0.15, 0.2) is 0 Å². The van der Waals surface area contributed by atoms with Crippen molar-refractivity contribution < 1.29 is 9.84 Å². The van der Waals surface area contributed by atoms with Crippen molar-refractivity contribution in [3.8, 4) is 0 Å². The summed E-state index contributed by atoms with van der Waals surface area (Å²) in [6, 6.07) is 0. The summed E-state index contributed by atoms with van der Waals surface area (Å²) in [5, 5.41) is 9.20. The Morgan fingerprint density at radius 2 is 1.91 bits per heavy atom. The number of hydrogen-bond donors (Lipinski definition) is 1. The first-order valence-electron chi connectivity index (χ1n) is 3.81. The minimum absolute atomic E-state index is 0.0488. The topological polar surface area (TPSA) is 29.5 Å². The number of ether oxygens (including phenoxy) is 1. The van der Waals surface area contributed by atoms with Gasteiger partial charge in [-0.3, -0.25) is 0 Å². The van der Waals surface area contributed by atoms with E-state index in [1.807, 2.05) is 27.7 Å². The molecule has 0 spiro atoms. The third-order valence-corrected chi connectivity index (χ3v) is 1.19. The van der Waals surface area contributed by atoms with Crippen molar-refractivity contribution in [2.45, 2.75) is 51.4 Å². The van der Waals surface area contributed by atoms with E-state index in [0.717, 1.165) is 0 Å². The van der Waals surface area contributed by atoms with Crippen LogP contribution in [0, 0.1) is 0 Å². The van der Waals surface area contributed by atoms with Crippen LogP contribution in [0.1, 0.15) is 34.1 Å². The first-order chi connectivity index (χ1) is 4.81. The molecule has 0 amide bonds. The van der Waals surface area contributed by atoms with Gasteiger partial charge in [0.05, 0.1) is 5.60 Å². The minimum atomic E-state index is -0.748. The Kier molecular flexibility index (Phi) is 4.37. The van der Waals surface area contributed by atoms with Crippen molar-refractivity contribution >= 4 is 11.6 Å². The molecule has 0 radical (unpaired) electrons. The standard InChI is InChI=1S/C8H17ClO2/c1-6(9)5-7(10)11-8(2,3)4/h6-7,10H,5H2,1-4H3. The quantitative estimate of drug-likeness (QED) is 0.533. The maximum atomic E-state index is 9.25. The van der Waals surface area contributed by atoms with Gasteiger partial charge in [-0.1, -0.05) is 0 Å². The summed E-state index contributed by atoms with van der Waals surface area (Å²) in [7, 11) is 0. The van der Waals surface area contributed by atoms with E-state index in [9.17, 15) is 5.11 Å². The summed E-state index contributed by atoms with van der Waals surface area (Å²) in [4.78, 5) is 0. The SMILES string of the molecule is CC(Cl)CC(O)OC(C)(C)C. The summed E-state index contributed by atoms with van der Waals surface area (Å²) in [5.41, 5.74) is -0.300. The summed E-state index contributed by atoms with van der Waals surface area (Å²) in [5.74, 6) is 0. The molecule has 2 unspecified atom stereocenters. The second kappa shape index (κ2) is 4.29. The van der Waals surface area contributed by atoms with Crippen molar-refractivity contribution in [3.05, 3.63) is 0 Å². The highest BCUT2D eigenvalue weighted by Gasteiger charge is 2.17. The van der Waals surface area contributed by atoms with E-state index in [-0.39, 0.29) is 11.0 Å². The first kappa shape index (κ1) is 11.2. The Hall–Kier alpha value is 0.210. The third-order valence-electron chi connectivity index (χ3n) is 1.02. The molecule has 2 atom stereocenters. The van der Waals surface area contributed by atoms with Crippen LogP contribution < -0.4 is 0 Å². The fraction of sp³-hybridized carbons (Fsp3) is 1.00. The van der Waals surface area contributed by atoms with Crippen LogP contribution in [0.3, 0.4) is 0 Å². The van der Waals surface area contributed by atoms with Crippen LogP contribution in [0.5, 0.6) is 0 Å². The summed E-state index contributed by atoms with van der Waals surface area (Å²) < 4.78 is 5.22. The predicted octanol–water partition coefficient (Wildman–Crippen LogP) is 2.14. The molecular weight excluding hydrogens is 164 g/mol. The molecule has 0 aromatic heterocycles. The zero-order valence-corrected chi connectivity index (χ0v) is 8.35. The molecule has 0 aliphatic heterocycles. The van der Waals surface area contributed by atoms with Gasteiger partial charge in [0.25, 0.3) is 0 Å². The lowest BCUT2D eigenvalue weighted by atomic mass is 10.2. The van der Waals surface area contributed by atoms with Crippen LogP contribution in [0.4, 0.5) is 0 Å². The monoisotopic (exact) mass is 180 g/mol. The van der Waals surface area contributed by atoms with E-state index in [2.05, 4.69) is 0 Å². The molecule has 0 rings (SSSR count). The molecule has 0 aromatic carbocycles. The van der Waals surface area contributed by atoms with E-state index >= 15 is 0 Å². The second-order valence-corrected chi connectivity index (χ2v) is 4.45. The van der Waals surface area contributed by atoms with Gasteiger partial charge in [-0.25, -0.2) is 0 Å². The zero-order valence-electron chi connectivity index (χ0n) is 7.60. The van der Waals surface area contributed by atoms with Crippen LogP contribution in [-0.4, -0.2) is 22.4 Å². The summed E-state index contributed by atoms with van der Waals surface area (Å²) >= 11 is 5.66. The van der Waals surface area contributed by atoms with E-state index in [1.54, 1.807) is 0 Å². The lowest BCUT2D eigenvalue weighted by Crippen LogP contribution is -2.28. The van der Waals surface area contributed by atoms with Gasteiger partial charge in [0.15, 0.2) is 6.29 Å². The largest absolute Gasteiger partial charge is 0.368 e.